The lowest BCUT2D eigenvalue weighted by molar-refractivity contribution is 0.0393. The smallest absolute Gasteiger partial charge is 0.408 e. The Morgan fingerprint density at radius 1 is 0.468 bits per heavy atom. The van der Waals surface area contributed by atoms with Crippen LogP contribution in [0.1, 0.15) is 198 Å². The van der Waals surface area contributed by atoms with Crippen LogP contribution in [0.25, 0.3) is 33.8 Å². The van der Waals surface area contributed by atoms with Crippen molar-refractivity contribution in [2.24, 2.45) is 11.5 Å². The third-order valence-corrected chi connectivity index (χ3v) is 17.7. The van der Waals surface area contributed by atoms with Crippen LogP contribution in [0.15, 0.2) is 140 Å². The lowest BCUT2D eigenvalue weighted by Gasteiger charge is -2.31. The molecule has 0 fully saturated rings. The molecule has 5 aromatic carbocycles. The number of methoxy groups -OCH3 is 2. The van der Waals surface area contributed by atoms with Gasteiger partial charge in [-0.15, -0.1) is 0 Å². The van der Waals surface area contributed by atoms with E-state index in [2.05, 4.69) is 20.6 Å². The molecule has 2 amide bonds. The summed E-state index contributed by atoms with van der Waals surface area (Å²) in [4.78, 5) is 65.0. The lowest BCUT2D eigenvalue weighted by atomic mass is 9.87. The van der Waals surface area contributed by atoms with Crippen molar-refractivity contribution in [3.63, 3.8) is 0 Å². The molecule has 0 aliphatic rings. The van der Waals surface area contributed by atoms with E-state index < -0.39 is 80.7 Å². The van der Waals surface area contributed by atoms with Crippen molar-refractivity contribution in [3.05, 3.63) is 207 Å². The van der Waals surface area contributed by atoms with E-state index in [9.17, 15) is 57.9 Å². The highest BCUT2D eigenvalue weighted by Gasteiger charge is 2.35. The number of nitrogens with two attached hydrogens (primary N) is 2. The van der Waals surface area contributed by atoms with Crippen LogP contribution in [0, 0.1) is 17.5 Å². The molecule has 0 aliphatic heterocycles. The van der Waals surface area contributed by atoms with E-state index in [1.165, 1.54) is 50.6 Å². The number of hydrogen-bond donors (Lipinski definition) is 9. The van der Waals surface area contributed by atoms with Gasteiger partial charge in [0, 0.05) is 52.7 Å². The van der Waals surface area contributed by atoms with Crippen molar-refractivity contribution in [3.8, 4) is 56.8 Å². The van der Waals surface area contributed by atoms with Crippen LogP contribution in [-0.2, 0) is 42.9 Å². The fourth-order valence-corrected chi connectivity index (χ4v) is 11.0. The number of pyridine rings is 3. The molecule has 8 aromatic rings. The topological polar surface area (TPSA) is 340 Å². The minimum atomic E-state index is -1.55. The summed E-state index contributed by atoms with van der Waals surface area (Å²) in [7, 11) is 2.93. The fourth-order valence-electron chi connectivity index (χ4n) is 10.8. The maximum absolute atomic E-state index is 13.7. The standard InChI is InChI=1S/C34H43FN2O7.C29H35FN2O5.C22H29ClFN3O3/c1-21(38)20-43-28-14-11-23(17-29(28)42-8)27(39)15-16-34(7,41)30-19-24(33(5,6)37-31(40)44-32(2,3)4)18-26(36-30)22-9-12-25(35)13-10-22;1-18(33)17-37-25-11-8-20(14-26(25)36-5)24(34)12-13-29(4,35)27-16-21(28(2,3)31)15-23(32-27)19-6-9-22(30)10-7-19;1-20(2,3)30-19(28)27-21(4,5)14-10-17(13-7-8-16(24)15(23)9-13)26-18(11-14)22(6,29)12-25/h9-14,17-19,21,38,41H,15-16,20H2,1-8H3,(H,37,40);6-11,14-16,18,33,35H,12-13,17,31H2,1-5H3;7-11,29H,12,25H2,1-6H3,(H,27,28)/t21-,34?;18-,29?;/m11./s1. The molecule has 3 aromatic heterocycles. The van der Waals surface area contributed by atoms with Crippen LogP contribution < -0.4 is 41.0 Å². The summed E-state index contributed by atoms with van der Waals surface area (Å²) in [6.45, 7) is 29.6. The highest BCUT2D eigenvalue weighted by atomic mass is 35.5. The number of aliphatic hydroxyl groups is 5. The predicted molar refractivity (Wildman–Crippen MR) is 421 cm³/mol. The average molecular weight is 1560 g/mol. The van der Waals surface area contributed by atoms with Crippen LogP contribution in [-0.4, -0.2) is 122 Å². The Morgan fingerprint density at radius 2 is 0.811 bits per heavy atom. The Bertz CT molecular complexity index is 4530. The molecular formula is C85H107ClF3N7O15. The molecule has 3 heterocycles. The van der Waals surface area contributed by atoms with E-state index in [1.807, 2.05) is 19.9 Å². The summed E-state index contributed by atoms with van der Waals surface area (Å²) in [5, 5.41) is 58.3. The second-order valence-corrected chi connectivity index (χ2v) is 32.1. The van der Waals surface area contributed by atoms with Crippen molar-refractivity contribution in [1.29, 1.82) is 0 Å². The van der Waals surface area contributed by atoms with E-state index in [-0.39, 0.29) is 73.5 Å². The number of aromatic nitrogens is 3. The van der Waals surface area contributed by atoms with Crippen molar-refractivity contribution in [1.82, 2.24) is 25.6 Å². The van der Waals surface area contributed by atoms with Gasteiger partial charge in [0.1, 0.15) is 58.7 Å². The molecular weight excluding hydrogens is 1450 g/mol. The molecule has 8 rings (SSSR count). The van der Waals surface area contributed by atoms with Crippen LogP contribution in [0.2, 0.25) is 5.02 Å². The van der Waals surface area contributed by atoms with Crippen LogP contribution in [0.3, 0.4) is 0 Å². The first-order valence-electron chi connectivity index (χ1n) is 36.1. The van der Waals surface area contributed by atoms with Gasteiger partial charge in [-0.1, -0.05) is 11.6 Å². The number of carbonyl (C=O) groups excluding carboxylic acids is 4. The average Bonchev–Trinajstić information content (AvgIpc) is 0.793. The number of benzene rings is 5. The Morgan fingerprint density at radius 3 is 1.14 bits per heavy atom. The van der Waals surface area contributed by atoms with Gasteiger partial charge in [-0.2, -0.15) is 0 Å². The molecule has 3 unspecified atom stereocenters. The van der Waals surface area contributed by atoms with Crippen molar-refractivity contribution >= 4 is 35.4 Å². The van der Waals surface area contributed by atoms with Gasteiger partial charge < -0.3 is 76.1 Å². The van der Waals surface area contributed by atoms with Crippen LogP contribution >= 0.6 is 11.6 Å². The Kier molecular flexibility index (Phi) is 30.2. The molecule has 0 radical (unpaired) electrons. The van der Waals surface area contributed by atoms with Crippen LogP contribution in [0.5, 0.6) is 23.0 Å². The van der Waals surface area contributed by atoms with Gasteiger partial charge in [-0.3, -0.25) is 9.59 Å². The third kappa shape index (κ3) is 26.8. The van der Waals surface area contributed by atoms with Crippen molar-refractivity contribution in [2.45, 2.75) is 200 Å². The van der Waals surface area contributed by atoms with Crippen molar-refractivity contribution < 1.29 is 86.3 Å². The molecule has 0 spiro atoms. The molecule has 0 aliphatic carbocycles. The van der Waals surface area contributed by atoms with Gasteiger partial charge in [0.15, 0.2) is 34.6 Å². The van der Waals surface area contributed by atoms with Gasteiger partial charge in [0.2, 0.25) is 0 Å². The minimum absolute atomic E-state index is 0.0125. The number of ketones is 2. The zero-order valence-electron chi connectivity index (χ0n) is 66.7. The quantitative estimate of drug-likeness (QED) is 0.0206. The molecule has 0 bridgehead atoms. The normalized spacial score (nSPS) is 14.0. The number of carbonyl (C=O) groups is 4. The first-order valence-corrected chi connectivity index (χ1v) is 36.5. The second-order valence-electron chi connectivity index (χ2n) is 31.7. The minimum Gasteiger partial charge on any atom is -0.493 e. The molecule has 26 heteroatoms. The summed E-state index contributed by atoms with van der Waals surface area (Å²) in [5.74, 6) is -0.173. The number of halogens is 4. The number of nitrogens with one attached hydrogen (secondary N) is 2. The third-order valence-electron chi connectivity index (χ3n) is 17.4. The van der Waals surface area contributed by atoms with E-state index >= 15 is 0 Å². The van der Waals surface area contributed by atoms with E-state index in [4.69, 9.17) is 56.5 Å². The van der Waals surface area contributed by atoms with E-state index in [1.54, 1.807) is 201 Å². The largest absolute Gasteiger partial charge is 0.493 e. The summed E-state index contributed by atoms with van der Waals surface area (Å²) in [6, 6.07) is 36.0. The number of Topliss-reactive ketones (excluding diaryl/α,β-unsaturated/α-hetero) is 2. The fraction of sp³-hybridized carbons (Fsp3) is 0.424. The summed E-state index contributed by atoms with van der Waals surface area (Å²) < 4.78 is 73.4. The highest BCUT2D eigenvalue weighted by Crippen LogP contribution is 2.38. The number of hydrogen-bond acceptors (Lipinski definition) is 20. The maximum atomic E-state index is 13.7. The molecule has 5 atom stereocenters. The SMILES string of the molecule is CC(C)(C)OC(=O)NC(C)(C)c1cc(-c2ccc(F)c(Cl)c2)nc(C(C)(O)CN)c1.COc1cc(C(=O)CCC(C)(O)c2cc(C(C)(C)N)cc(-c3ccc(F)cc3)n2)ccc1OC[C@@H](C)O.COc1cc(C(=O)CCC(C)(O)c2cc(C(C)(C)NC(=O)OC(C)(C)C)cc(-c3ccc(F)cc3)n2)ccc1OC[C@@H](C)O. The summed E-state index contributed by atoms with van der Waals surface area (Å²) in [6.07, 6.45) is -2.32. The highest BCUT2D eigenvalue weighted by molar-refractivity contribution is 6.31. The molecule has 600 valence electrons. The molecule has 11 N–H and O–H groups in total. The Labute approximate surface area is 653 Å². The van der Waals surface area contributed by atoms with Gasteiger partial charge in [-0.25, -0.2) is 37.7 Å². The molecule has 0 saturated heterocycles. The molecule has 0 saturated carbocycles. The zero-order chi connectivity index (χ0) is 83.2. The van der Waals surface area contributed by atoms with Gasteiger partial charge in [-0.05, 0) is 287 Å². The first kappa shape index (κ1) is 90.3. The maximum Gasteiger partial charge on any atom is 0.408 e. The van der Waals surface area contributed by atoms with E-state index in [0.717, 1.165) is 5.56 Å². The van der Waals surface area contributed by atoms with Gasteiger partial charge in [0.05, 0.1) is 76.7 Å². The van der Waals surface area contributed by atoms with E-state index in [0.29, 0.717) is 90.4 Å². The van der Waals surface area contributed by atoms with Crippen LogP contribution in [0.4, 0.5) is 22.8 Å². The number of aliphatic hydroxyl groups excluding tert-OH is 2. The molecule has 111 heavy (non-hydrogen) atoms. The van der Waals surface area contributed by atoms with Gasteiger partial charge in [0.25, 0.3) is 0 Å². The first-order chi connectivity index (χ1) is 51.3. The number of alkyl carbamates (subject to hydrolysis) is 2. The second kappa shape index (κ2) is 37.2. The monoisotopic (exact) mass is 1560 g/mol. The summed E-state index contributed by atoms with van der Waals surface area (Å²) in [5.41, 5.74) is 10.9. The number of ether oxygens (including phenoxy) is 6. The number of rotatable bonds is 28. The zero-order valence-corrected chi connectivity index (χ0v) is 67.5. The predicted octanol–water partition coefficient (Wildman–Crippen LogP) is 15.5. The number of amides is 2. The lowest BCUT2D eigenvalue weighted by Crippen LogP contribution is -2.44. The Hall–Kier alpha value is -9.57. The summed E-state index contributed by atoms with van der Waals surface area (Å²) >= 11 is 5.94. The molecule has 22 nitrogen and oxygen atoms in total. The van der Waals surface area contributed by atoms with Gasteiger partial charge >= 0.3 is 12.2 Å². The number of nitrogens with zero attached hydrogens (tertiary/aromatic N) is 3. The van der Waals surface area contributed by atoms with Crippen molar-refractivity contribution in [2.75, 3.05) is 34.0 Å². The Balaban J connectivity index is 0.000000265.